The summed E-state index contributed by atoms with van der Waals surface area (Å²) in [7, 11) is 0. The molecule has 7 nitrogen and oxygen atoms in total. The molecule has 142 valence electrons. The van der Waals surface area contributed by atoms with E-state index in [0.29, 0.717) is 18.0 Å². The Morgan fingerprint density at radius 2 is 1.93 bits per heavy atom. The Kier molecular flexibility index (Phi) is 4.68. The molecule has 2 fully saturated rings. The summed E-state index contributed by atoms with van der Waals surface area (Å²) in [5.41, 5.74) is 2.30. The van der Waals surface area contributed by atoms with Crippen molar-refractivity contribution >= 4 is 11.9 Å². The van der Waals surface area contributed by atoms with Gasteiger partial charge in [0.25, 0.3) is 0 Å². The van der Waals surface area contributed by atoms with Crippen molar-refractivity contribution < 1.29 is 14.7 Å². The average molecular weight is 368 g/mol. The second-order valence-electron chi connectivity index (χ2n) is 7.55. The van der Waals surface area contributed by atoms with Crippen LogP contribution in [0, 0.1) is 12.8 Å². The van der Waals surface area contributed by atoms with Gasteiger partial charge in [0.2, 0.25) is 5.91 Å². The van der Waals surface area contributed by atoms with Gasteiger partial charge >= 0.3 is 5.97 Å². The molecular formula is C20H24N4O3. The lowest BCUT2D eigenvalue weighted by Gasteiger charge is -2.33. The third-order valence-corrected chi connectivity index (χ3v) is 5.97. The van der Waals surface area contributed by atoms with Crippen molar-refractivity contribution in [3.8, 4) is 5.69 Å². The number of aromatic nitrogens is 3. The lowest BCUT2D eigenvalue weighted by Crippen LogP contribution is -2.47. The van der Waals surface area contributed by atoms with Crippen LogP contribution in [0.15, 0.2) is 30.3 Å². The molecule has 2 aromatic rings. The monoisotopic (exact) mass is 368 g/mol. The van der Waals surface area contributed by atoms with Crippen LogP contribution in [0.3, 0.4) is 0 Å². The molecule has 2 heterocycles. The van der Waals surface area contributed by atoms with Crippen molar-refractivity contribution in [3.63, 3.8) is 0 Å². The summed E-state index contributed by atoms with van der Waals surface area (Å²) in [6, 6.07) is 8.98. The summed E-state index contributed by atoms with van der Waals surface area (Å²) in [6.07, 6.45) is 4.75. The lowest BCUT2D eigenvalue weighted by molar-refractivity contribution is -0.149. The van der Waals surface area contributed by atoms with Crippen molar-refractivity contribution in [2.24, 2.45) is 5.92 Å². The Labute approximate surface area is 158 Å². The van der Waals surface area contributed by atoms with E-state index >= 15 is 0 Å². The summed E-state index contributed by atoms with van der Waals surface area (Å²) in [4.78, 5) is 26.4. The van der Waals surface area contributed by atoms with Crippen LogP contribution in [0.1, 0.15) is 43.5 Å². The second kappa shape index (κ2) is 7.13. The van der Waals surface area contributed by atoms with E-state index in [1.165, 1.54) is 0 Å². The van der Waals surface area contributed by atoms with E-state index in [1.807, 2.05) is 37.3 Å². The fraction of sp³-hybridized carbons (Fsp3) is 0.500. The topological polar surface area (TPSA) is 88.3 Å². The number of carboxylic acid groups (broad SMARTS) is 1. The van der Waals surface area contributed by atoms with Crippen LogP contribution >= 0.6 is 0 Å². The first-order chi connectivity index (χ1) is 13.1. The van der Waals surface area contributed by atoms with Gasteiger partial charge in [0, 0.05) is 6.04 Å². The van der Waals surface area contributed by atoms with Gasteiger partial charge in [-0.15, -0.1) is 5.10 Å². The number of amides is 1. The Balaban J connectivity index is 1.56. The number of fused-ring (bicyclic) bond motifs is 1. The molecule has 4 rings (SSSR count). The summed E-state index contributed by atoms with van der Waals surface area (Å²) in [5.74, 6) is -0.743. The van der Waals surface area contributed by atoms with E-state index in [0.717, 1.165) is 37.1 Å². The van der Waals surface area contributed by atoms with Gasteiger partial charge in [-0.25, -0.2) is 9.48 Å². The van der Waals surface area contributed by atoms with Crippen LogP contribution in [0.25, 0.3) is 5.69 Å². The number of hydrogen-bond donors (Lipinski definition) is 1. The van der Waals surface area contributed by atoms with Gasteiger partial charge in [0.15, 0.2) is 0 Å². The van der Waals surface area contributed by atoms with Crippen LogP contribution in [-0.2, 0) is 16.0 Å². The Morgan fingerprint density at radius 3 is 2.67 bits per heavy atom. The number of likely N-dealkylation sites (tertiary alicyclic amines) is 1. The largest absolute Gasteiger partial charge is 0.480 e. The molecule has 0 unspecified atom stereocenters. The predicted molar refractivity (Wildman–Crippen MR) is 98.4 cm³/mol. The highest BCUT2D eigenvalue weighted by molar-refractivity contribution is 5.86. The molecule has 27 heavy (non-hydrogen) atoms. The van der Waals surface area contributed by atoms with E-state index < -0.39 is 12.0 Å². The number of carboxylic acids is 1. The van der Waals surface area contributed by atoms with Crippen LogP contribution in [0.2, 0.25) is 0 Å². The lowest BCUT2D eigenvalue weighted by atomic mass is 9.84. The minimum atomic E-state index is -0.901. The van der Waals surface area contributed by atoms with Crippen molar-refractivity contribution in [1.82, 2.24) is 19.9 Å². The average Bonchev–Trinajstić information content (AvgIpc) is 3.24. The summed E-state index contributed by atoms with van der Waals surface area (Å²) < 4.78 is 1.71. The maximum Gasteiger partial charge on any atom is 0.326 e. The standard InChI is InChI=1S/C20H24N4O3/c1-13-16(21-22-24(13)15-8-3-2-4-9-15)12-19(25)23-17-10-6-5-7-14(17)11-18(23)20(26)27/h2-4,8-9,14,17-18H,5-7,10-12H2,1H3,(H,26,27)/t14-,17+,18+/m1/s1. The molecule has 1 N–H and O–H groups in total. The minimum absolute atomic E-state index is 0.0526. The molecule has 1 aliphatic heterocycles. The first-order valence-electron chi connectivity index (χ1n) is 9.57. The first-order valence-corrected chi connectivity index (χ1v) is 9.57. The number of hydrogen-bond acceptors (Lipinski definition) is 4. The van der Waals surface area contributed by atoms with E-state index in [-0.39, 0.29) is 18.4 Å². The number of aliphatic carboxylic acids is 1. The zero-order chi connectivity index (χ0) is 19.0. The molecule has 1 amide bonds. The third kappa shape index (κ3) is 3.22. The van der Waals surface area contributed by atoms with E-state index in [9.17, 15) is 14.7 Å². The molecule has 2 aliphatic rings. The number of para-hydroxylation sites is 1. The first kappa shape index (κ1) is 17.7. The second-order valence-corrected chi connectivity index (χ2v) is 7.55. The quantitative estimate of drug-likeness (QED) is 0.895. The van der Waals surface area contributed by atoms with Crippen molar-refractivity contribution in [2.75, 3.05) is 0 Å². The molecule has 1 aliphatic carbocycles. The Hall–Kier alpha value is -2.70. The van der Waals surface area contributed by atoms with Gasteiger partial charge in [0.05, 0.1) is 23.5 Å². The SMILES string of the molecule is Cc1c(CC(=O)N2[C@H](C(=O)O)C[C@H]3CCCC[C@@H]32)nnn1-c1ccccc1. The third-order valence-electron chi connectivity index (χ3n) is 5.97. The zero-order valence-electron chi connectivity index (χ0n) is 15.4. The van der Waals surface area contributed by atoms with Gasteiger partial charge < -0.3 is 10.0 Å². The fourth-order valence-corrected chi connectivity index (χ4v) is 4.61. The van der Waals surface area contributed by atoms with E-state index in [4.69, 9.17) is 0 Å². The summed E-state index contributed by atoms with van der Waals surface area (Å²) in [5, 5.41) is 18.0. The summed E-state index contributed by atoms with van der Waals surface area (Å²) in [6.45, 7) is 1.89. The highest BCUT2D eigenvalue weighted by Crippen LogP contribution is 2.40. The predicted octanol–water partition coefficient (Wildman–Crippen LogP) is 2.36. The van der Waals surface area contributed by atoms with Gasteiger partial charge in [0.1, 0.15) is 6.04 Å². The molecule has 1 saturated carbocycles. The highest BCUT2D eigenvalue weighted by atomic mass is 16.4. The van der Waals surface area contributed by atoms with Crippen LogP contribution in [-0.4, -0.2) is 49.0 Å². The molecule has 3 atom stereocenters. The van der Waals surface area contributed by atoms with Crippen LogP contribution < -0.4 is 0 Å². The zero-order valence-corrected chi connectivity index (χ0v) is 15.4. The Morgan fingerprint density at radius 1 is 1.19 bits per heavy atom. The molecule has 1 aromatic carbocycles. The van der Waals surface area contributed by atoms with Gasteiger partial charge in [-0.05, 0) is 44.2 Å². The van der Waals surface area contributed by atoms with Crippen molar-refractivity contribution in [2.45, 2.75) is 57.5 Å². The smallest absolute Gasteiger partial charge is 0.326 e. The number of nitrogens with zero attached hydrogens (tertiary/aromatic N) is 4. The molecule has 1 saturated heterocycles. The van der Waals surface area contributed by atoms with Crippen molar-refractivity contribution in [3.05, 3.63) is 41.7 Å². The normalized spacial score (nSPS) is 24.6. The molecule has 0 radical (unpaired) electrons. The molecular weight excluding hydrogens is 344 g/mol. The van der Waals surface area contributed by atoms with Crippen LogP contribution in [0.4, 0.5) is 0 Å². The molecule has 0 spiro atoms. The van der Waals surface area contributed by atoms with Gasteiger partial charge in [-0.3, -0.25) is 4.79 Å². The number of rotatable bonds is 4. The molecule has 0 bridgehead atoms. The minimum Gasteiger partial charge on any atom is -0.480 e. The van der Waals surface area contributed by atoms with Crippen molar-refractivity contribution in [1.29, 1.82) is 0 Å². The number of carbonyl (C=O) groups is 2. The number of benzene rings is 1. The summed E-state index contributed by atoms with van der Waals surface area (Å²) >= 11 is 0. The maximum absolute atomic E-state index is 13.1. The molecule has 1 aromatic heterocycles. The van der Waals surface area contributed by atoms with E-state index in [1.54, 1.807) is 9.58 Å². The van der Waals surface area contributed by atoms with E-state index in [2.05, 4.69) is 10.3 Å². The Bertz CT molecular complexity index is 848. The van der Waals surface area contributed by atoms with Crippen LogP contribution in [0.5, 0.6) is 0 Å². The van der Waals surface area contributed by atoms with Gasteiger partial charge in [-0.2, -0.15) is 0 Å². The molecule has 7 heteroatoms. The fourth-order valence-electron chi connectivity index (χ4n) is 4.61. The highest BCUT2D eigenvalue weighted by Gasteiger charge is 2.47. The maximum atomic E-state index is 13.1. The van der Waals surface area contributed by atoms with Gasteiger partial charge in [-0.1, -0.05) is 36.3 Å². The number of carbonyl (C=O) groups excluding carboxylic acids is 1.